The normalized spacial score (nSPS) is 23.1. The van der Waals surface area contributed by atoms with Crippen LogP contribution in [0.3, 0.4) is 0 Å². The highest BCUT2D eigenvalue weighted by Crippen LogP contribution is 2.33. The SMILES string of the molecule is CN(C)c1nc(NC2CCC(NS(=O)(=O)C3=C(OC(F)(F)F)CC(Br)C=C3)CC2)nc2ccccc12. The number of nitrogens with zero attached hydrogens (tertiary/aromatic N) is 3. The quantitative estimate of drug-likeness (QED) is 0.447. The molecule has 196 valence electrons. The molecule has 1 aromatic heterocycles. The zero-order valence-electron chi connectivity index (χ0n) is 19.7. The summed E-state index contributed by atoms with van der Waals surface area (Å²) < 4.78 is 71.0. The number of para-hydroxylation sites is 1. The van der Waals surface area contributed by atoms with E-state index in [9.17, 15) is 21.6 Å². The maximum atomic E-state index is 12.9. The van der Waals surface area contributed by atoms with Crippen molar-refractivity contribution in [2.45, 2.75) is 55.4 Å². The number of nitrogens with one attached hydrogen (secondary N) is 2. The third-order valence-corrected chi connectivity index (χ3v) is 8.24. The van der Waals surface area contributed by atoms with Gasteiger partial charge in [0.15, 0.2) is 0 Å². The number of hydrogen-bond donors (Lipinski definition) is 2. The van der Waals surface area contributed by atoms with Crippen LogP contribution in [0.2, 0.25) is 0 Å². The second-order valence-corrected chi connectivity index (χ2v) is 11.9. The third-order valence-electron chi connectivity index (χ3n) is 6.03. The van der Waals surface area contributed by atoms with Gasteiger partial charge in [0.25, 0.3) is 0 Å². The summed E-state index contributed by atoms with van der Waals surface area (Å²) in [4.78, 5) is 10.2. The van der Waals surface area contributed by atoms with Crippen molar-refractivity contribution in [3.05, 3.63) is 47.1 Å². The van der Waals surface area contributed by atoms with Gasteiger partial charge in [0.1, 0.15) is 16.5 Å². The number of fused-ring (bicyclic) bond motifs is 1. The Balaban J connectivity index is 1.42. The van der Waals surface area contributed by atoms with Crippen LogP contribution in [0, 0.1) is 0 Å². The third kappa shape index (κ3) is 6.48. The first kappa shape index (κ1) is 26.7. The molecule has 2 aromatic rings. The molecule has 0 amide bonds. The lowest BCUT2D eigenvalue weighted by molar-refractivity contribution is -0.306. The molecule has 1 aromatic carbocycles. The summed E-state index contributed by atoms with van der Waals surface area (Å²) in [6, 6.07) is 7.36. The van der Waals surface area contributed by atoms with Crippen molar-refractivity contribution >= 4 is 48.6 Å². The highest BCUT2D eigenvalue weighted by Gasteiger charge is 2.37. The van der Waals surface area contributed by atoms with Crippen LogP contribution in [0.25, 0.3) is 10.9 Å². The lowest BCUT2D eigenvalue weighted by atomic mass is 9.92. The fraction of sp³-hybridized carbons (Fsp3) is 0.478. The van der Waals surface area contributed by atoms with E-state index in [2.05, 4.69) is 40.7 Å². The predicted molar refractivity (Wildman–Crippen MR) is 136 cm³/mol. The number of anilines is 2. The molecule has 1 unspecified atom stereocenters. The molecule has 0 bridgehead atoms. The fourth-order valence-corrected chi connectivity index (χ4v) is 6.32. The Labute approximate surface area is 216 Å². The fourth-order valence-electron chi connectivity index (χ4n) is 4.39. The Kier molecular flexibility index (Phi) is 7.81. The average Bonchev–Trinajstić information content (AvgIpc) is 2.78. The van der Waals surface area contributed by atoms with Gasteiger partial charge >= 0.3 is 6.36 Å². The van der Waals surface area contributed by atoms with Gasteiger partial charge in [-0.1, -0.05) is 34.1 Å². The molecule has 1 heterocycles. The van der Waals surface area contributed by atoms with Gasteiger partial charge in [0.05, 0.1) is 5.52 Å². The van der Waals surface area contributed by atoms with Crippen LogP contribution in [0.5, 0.6) is 0 Å². The number of sulfonamides is 1. The Morgan fingerprint density at radius 3 is 2.42 bits per heavy atom. The summed E-state index contributed by atoms with van der Waals surface area (Å²) in [5.74, 6) is 0.665. The molecule has 1 fully saturated rings. The number of ether oxygens (including phenoxy) is 1. The molecule has 0 aliphatic heterocycles. The van der Waals surface area contributed by atoms with Crippen LogP contribution in [0.15, 0.2) is 47.1 Å². The molecule has 8 nitrogen and oxygen atoms in total. The Morgan fingerprint density at radius 2 is 1.75 bits per heavy atom. The van der Waals surface area contributed by atoms with E-state index in [1.165, 1.54) is 6.08 Å². The largest absolute Gasteiger partial charge is 0.572 e. The molecule has 0 spiro atoms. The maximum absolute atomic E-state index is 12.9. The second-order valence-electron chi connectivity index (χ2n) is 9.01. The predicted octanol–water partition coefficient (Wildman–Crippen LogP) is 4.81. The molecule has 0 saturated heterocycles. The summed E-state index contributed by atoms with van der Waals surface area (Å²) in [6.07, 6.45) is -0.241. The minimum Gasteiger partial charge on any atom is -0.409 e. The topological polar surface area (TPSA) is 96.5 Å². The molecular formula is C23H27BrF3N5O3S. The van der Waals surface area contributed by atoms with E-state index in [1.54, 1.807) is 0 Å². The van der Waals surface area contributed by atoms with Gasteiger partial charge < -0.3 is 15.0 Å². The van der Waals surface area contributed by atoms with Crippen molar-refractivity contribution in [2.75, 3.05) is 24.3 Å². The van der Waals surface area contributed by atoms with E-state index >= 15 is 0 Å². The van der Waals surface area contributed by atoms with Crippen molar-refractivity contribution in [3.8, 4) is 0 Å². The summed E-state index contributed by atoms with van der Waals surface area (Å²) in [7, 11) is -0.372. The van der Waals surface area contributed by atoms with Gasteiger partial charge in [-0.15, -0.1) is 13.2 Å². The van der Waals surface area contributed by atoms with Gasteiger partial charge in [-0.3, -0.25) is 0 Å². The van der Waals surface area contributed by atoms with Crippen LogP contribution < -0.4 is 14.9 Å². The Hall–Kier alpha value is -2.38. The smallest absolute Gasteiger partial charge is 0.409 e. The number of alkyl halides is 4. The molecule has 2 aliphatic rings. The number of aromatic nitrogens is 2. The number of hydrogen-bond acceptors (Lipinski definition) is 7. The number of benzene rings is 1. The summed E-state index contributed by atoms with van der Waals surface area (Å²) in [6.45, 7) is 0. The van der Waals surface area contributed by atoms with Gasteiger partial charge in [-0.25, -0.2) is 18.1 Å². The lowest BCUT2D eigenvalue weighted by Gasteiger charge is -2.30. The first-order valence-electron chi connectivity index (χ1n) is 11.5. The van der Waals surface area contributed by atoms with E-state index in [1.807, 2.05) is 43.3 Å². The molecule has 13 heteroatoms. The number of rotatable bonds is 7. The van der Waals surface area contributed by atoms with Gasteiger partial charge in [0.2, 0.25) is 16.0 Å². The van der Waals surface area contributed by atoms with Crippen LogP contribution >= 0.6 is 15.9 Å². The highest BCUT2D eigenvalue weighted by molar-refractivity contribution is 9.09. The van der Waals surface area contributed by atoms with Crippen molar-refractivity contribution < 1.29 is 26.3 Å². The molecule has 1 atom stereocenters. The van der Waals surface area contributed by atoms with E-state index in [0.29, 0.717) is 31.6 Å². The van der Waals surface area contributed by atoms with E-state index in [-0.39, 0.29) is 12.5 Å². The summed E-state index contributed by atoms with van der Waals surface area (Å²) in [5.41, 5.74) is 0.816. The molecule has 0 radical (unpaired) electrons. The molecule has 2 aliphatic carbocycles. The molecule has 36 heavy (non-hydrogen) atoms. The molecule has 1 saturated carbocycles. The summed E-state index contributed by atoms with van der Waals surface area (Å²) >= 11 is 3.18. The molecule has 2 N–H and O–H groups in total. The Morgan fingerprint density at radius 1 is 1.08 bits per heavy atom. The number of halogens is 4. The van der Waals surface area contributed by atoms with Crippen LogP contribution in [0.4, 0.5) is 24.9 Å². The van der Waals surface area contributed by atoms with Crippen molar-refractivity contribution in [1.29, 1.82) is 0 Å². The standard InChI is InChI=1S/C23H27BrF3N5O3S/c1-32(2)21-17-5-3-4-6-18(17)29-22(30-21)28-15-8-10-16(11-9-15)31-36(33,34)20-12-7-14(24)13-19(20)35-23(25,26)27/h3-7,12,14-16,31H,8-11,13H2,1-2H3,(H,28,29,30). The zero-order valence-corrected chi connectivity index (χ0v) is 22.1. The minimum absolute atomic E-state index is 0.0361. The molecule has 4 rings (SSSR count). The molecular weight excluding hydrogens is 563 g/mol. The highest BCUT2D eigenvalue weighted by atomic mass is 79.9. The van der Waals surface area contributed by atoms with Gasteiger partial charge in [-0.05, 0) is 43.9 Å². The maximum Gasteiger partial charge on any atom is 0.572 e. The second kappa shape index (κ2) is 10.5. The Bertz CT molecular complexity index is 1280. The van der Waals surface area contributed by atoms with Crippen molar-refractivity contribution in [1.82, 2.24) is 14.7 Å². The lowest BCUT2D eigenvalue weighted by Crippen LogP contribution is -2.41. The first-order valence-corrected chi connectivity index (χ1v) is 13.9. The van der Waals surface area contributed by atoms with E-state index in [4.69, 9.17) is 0 Å². The first-order chi connectivity index (χ1) is 16.9. The zero-order chi connectivity index (χ0) is 26.1. The summed E-state index contributed by atoms with van der Waals surface area (Å²) in [5, 5.41) is 4.30. The van der Waals surface area contributed by atoms with Crippen molar-refractivity contribution in [2.24, 2.45) is 0 Å². The van der Waals surface area contributed by atoms with Gasteiger partial charge in [0, 0.05) is 42.8 Å². The van der Waals surface area contributed by atoms with E-state index < -0.39 is 37.9 Å². The van der Waals surface area contributed by atoms with E-state index in [0.717, 1.165) is 22.8 Å². The van der Waals surface area contributed by atoms with Crippen LogP contribution in [-0.2, 0) is 14.8 Å². The van der Waals surface area contributed by atoms with Crippen LogP contribution in [-0.4, -0.2) is 55.8 Å². The minimum atomic E-state index is -4.98. The van der Waals surface area contributed by atoms with Crippen LogP contribution in [0.1, 0.15) is 32.1 Å². The number of allylic oxidation sites excluding steroid dienone is 3. The average molecular weight is 590 g/mol. The van der Waals surface area contributed by atoms with Gasteiger partial charge in [-0.2, -0.15) is 4.98 Å². The van der Waals surface area contributed by atoms with Crippen molar-refractivity contribution in [3.63, 3.8) is 0 Å². The monoisotopic (exact) mass is 589 g/mol.